The second-order valence-corrected chi connectivity index (χ2v) is 4.94. The SMILES string of the molecule is CCNC(c1ncc(C)cn1)c1cc2cc(F)ccc2o1. The van der Waals surface area contributed by atoms with Crippen LogP contribution in [0.2, 0.25) is 0 Å². The van der Waals surface area contributed by atoms with Gasteiger partial charge in [-0.25, -0.2) is 14.4 Å². The highest BCUT2D eigenvalue weighted by molar-refractivity contribution is 5.78. The molecule has 0 fully saturated rings. The molecule has 0 aliphatic rings. The highest BCUT2D eigenvalue weighted by atomic mass is 19.1. The fourth-order valence-electron chi connectivity index (χ4n) is 2.25. The number of nitrogens with one attached hydrogen (secondary N) is 1. The van der Waals surface area contributed by atoms with Gasteiger partial charge in [0.1, 0.15) is 23.2 Å². The van der Waals surface area contributed by atoms with Gasteiger partial charge >= 0.3 is 0 Å². The highest BCUT2D eigenvalue weighted by Crippen LogP contribution is 2.27. The molecular weight excluding hydrogens is 269 g/mol. The van der Waals surface area contributed by atoms with Crippen LogP contribution in [-0.4, -0.2) is 16.5 Å². The van der Waals surface area contributed by atoms with Crippen LogP contribution >= 0.6 is 0 Å². The average Bonchev–Trinajstić information content (AvgIpc) is 2.88. The third-order valence-electron chi connectivity index (χ3n) is 3.25. The Morgan fingerprint density at radius 3 is 2.71 bits per heavy atom. The molecule has 1 aromatic carbocycles. The molecule has 0 spiro atoms. The van der Waals surface area contributed by atoms with E-state index in [-0.39, 0.29) is 11.9 Å². The summed E-state index contributed by atoms with van der Waals surface area (Å²) in [6.07, 6.45) is 3.55. The quantitative estimate of drug-likeness (QED) is 0.798. The van der Waals surface area contributed by atoms with Crippen molar-refractivity contribution in [2.45, 2.75) is 19.9 Å². The minimum atomic E-state index is -0.276. The molecule has 2 heterocycles. The van der Waals surface area contributed by atoms with Gasteiger partial charge in [0.25, 0.3) is 0 Å². The number of rotatable bonds is 4. The van der Waals surface area contributed by atoms with Crippen molar-refractivity contribution in [1.29, 1.82) is 0 Å². The predicted molar refractivity (Wildman–Crippen MR) is 78.5 cm³/mol. The standard InChI is InChI=1S/C16H16FN3O/c1-3-18-15(16-19-8-10(2)9-20-16)14-7-11-6-12(17)4-5-13(11)21-14/h4-9,15,18H,3H2,1-2H3. The predicted octanol–water partition coefficient (Wildman–Crippen LogP) is 3.37. The number of furan rings is 1. The van der Waals surface area contributed by atoms with E-state index in [2.05, 4.69) is 15.3 Å². The first kappa shape index (κ1) is 13.7. The normalized spacial score (nSPS) is 12.7. The van der Waals surface area contributed by atoms with E-state index >= 15 is 0 Å². The summed E-state index contributed by atoms with van der Waals surface area (Å²) >= 11 is 0. The maximum Gasteiger partial charge on any atom is 0.152 e. The molecule has 0 aliphatic carbocycles. The Hall–Kier alpha value is -2.27. The van der Waals surface area contributed by atoms with E-state index in [4.69, 9.17) is 4.42 Å². The van der Waals surface area contributed by atoms with Crippen molar-refractivity contribution in [2.24, 2.45) is 0 Å². The molecule has 21 heavy (non-hydrogen) atoms. The van der Waals surface area contributed by atoms with Gasteiger partial charge in [0, 0.05) is 17.8 Å². The van der Waals surface area contributed by atoms with Gasteiger partial charge in [0.2, 0.25) is 0 Å². The van der Waals surface area contributed by atoms with Gasteiger partial charge < -0.3 is 9.73 Å². The third kappa shape index (κ3) is 2.78. The Bertz CT molecular complexity index is 752. The van der Waals surface area contributed by atoms with E-state index in [0.29, 0.717) is 17.2 Å². The number of aryl methyl sites for hydroxylation is 1. The Kier molecular flexibility index (Phi) is 3.66. The molecule has 2 aromatic heterocycles. The van der Waals surface area contributed by atoms with Gasteiger partial charge in [-0.3, -0.25) is 0 Å². The monoisotopic (exact) mass is 285 g/mol. The summed E-state index contributed by atoms with van der Waals surface area (Å²) in [5, 5.41) is 4.03. The fraction of sp³-hybridized carbons (Fsp3) is 0.250. The smallest absolute Gasteiger partial charge is 0.152 e. The van der Waals surface area contributed by atoms with Crippen LogP contribution in [0.3, 0.4) is 0 Å². The molecule has 5 heteroatoms. The van der Waals surface area contributed by atoms with Gasteiger partial charge in [-0.05, 0) is 43.3 Å². The molecule has 3 aromatic rings. The lowest BCUT2D eigenvalue weighted by Gasteiger charge is -2.13. The lowest BCUT2D eigenvalue weighted by Crippen LogP contribution is -2.23. The number of hydrogen-bond acceptors (Lipinski definition) is 4. The van der Waals surface area contributed by atoms with Crippen molar-refractivity contribution in [1.82, 2.24) is 15.3 Å². The van der Waals surface area contributed by atoms with Crippen LogP contribution < -0.4 is 5.32 Å². The van der Waals surface area contributed by atoms with Crippen LogP contribution in [0.25, 0.3) is 11.0 Å². The van der Waals surface area contributed by atoms with E-state index < -0.39 is 0 Å². The number of halogens is 1. The van der Waals surface area contributed by atoms with E-state index in [1.807, 2.05) is 19.9 Å². The summed E-state index contributed by atoms with van der Waals surface area (Å²) < 4.78 is 19.1. The molecular formula is C16H16FN3O. The molecule has 0 saturated carbocycles. The molecule has 0 bridgehead atoms. The Labute approximate surface area is 122 Å². The molecule has 0 radical (unpaired) electrons. The van der Waals surface area contributed by atoms with E-state index in [0.717, 1.165) is 17.5 Å². The zero-order valence-electron chi connectivity index (χ0n) is 11.9. The van der Waals surface area contributed by atoms with Crippen LogP contribution in [0.5, 0.6) is 0 Å². The molecule has 0 saturated heterocycles. The summed E-state index contributed by atoms with van der Waals surface area (Å²) in [6, 6.07) is 6.06. The van der Waals surface area contributed by atoms with Crippen LogP contribution in [0.1, 0.15) is 30.1 Å². The van der Waals surface area contributed by atoms with Gasteiger partial charge in [0.05, 0.1) is 0 Å². The second-order valence-electron chi connectivity index (χ2n) is 4.94. The zero-order chi connectivity index (χ0) is 14.8. The molecule has 0 amide bonds. The van der Waals surface area contributed by atoms with Gasteiger partial charge in [-0.1, -0.05) is 6.92 Å². The molecule has 1 unspecified atom stereocenters. The van der Waals surface area contributed by atoms with Crippen LogP contribution in [-0.2, 0) is 0 Å². The van der Waals surface area contributed by atoms with Crippen molar-refractivity contribution in [2.75, 3.05) is 6.54 Å². The first-order chi connectivity index (χ1) is 10.2. The average molecular weight is 285 g/mol. The van der Waals surface area contributed by atoms with Gasteiger partial charge in [-0.15, -0.1) is 0 Å². The number of nitrogens with zero attached hydrogens (tertiary/aromatic N) is 2. The number of fused-ring (bicyclic) bond motifs is 1. The summed E-state index contributed by atoms with van der Waals surface area (Å²) in [5.41, 5.74) is 1.65. The van der Waals surface area contributed by atoms with Gasteiger partial charge in [-0.2, -0.15) is 0 Å². The minimum Gasteiger partial charge on any atom is -0.459 e. The first-order valence-electron chi connectivity index (χ1n) is 6.88. The van der Waals surface area contributed by atoms with Crippen LogP contribution in [0, 0.1) is 12.7 Å². The van der Waals surface area contributed by atoms with Crippen LogP contribution in [0.4, 0.5) is 4.39 Å². The Balaban J connectivity index is 2.04. The maximum absolute atomic E-state index is 13.3. The van der Waals surface area contributed by atoms with Crippen molar-refractivity contribution in [3.8, 4) is 0 Å². The molecule has 1 atom stereocenters. The second kappa shape index (κ2) is 5.61. The van der Waals surface area contributed by atoms with E-state index in [1.165, 1.54) is 12.1 Å². The minimum absolute atomic E-state index is 0.244. The molecule has 0 aliphatic heterocycles. The highest BCUT2D eigenvalue weighted by Gasteiger charge is 2.20. The summed E-state index contributed by atoms with van der Waals surface area (Å²) in [4.78, 5) is 8.71. The largest absolute Gasteiger partial charge is 0.459 e. The van der Waals surface area contributed by atoms with E-state index in [9.17, 15) is 4.39 Å². The fourth-order valence-corrected chi connectivity index (χ4v) is 2.25. The number of benzene rings is 1. The van der Waals surface area contributed by atoms with Crippen molar-refractivity contribution in [3.63, 3.8) is 0 Å². The van der Waals surface area contributed by atoms with Crippen molar-refractivity contribution in [3.05, 3.63) is 59.6 Å². The summed E-state index contributed by atoms with van der Waals surface area (Å²) in [5.74, 6) is 1.05. The molecule has 3 rings (SSSR count). The lowest BCUT2D eigenvalue weighted by molar-refractivity contribution is 0.463. The Morgan fingerprint density at radius 2 is 2.00 bits per heavy atom. The number of hydrogen-bond donors (Lipinski definition) is 1. The third-order valence-corrected chi connectivity index (χ3v) is 3.25. The van der Waals surface area contributed by atoms with Gasteiger partial charge in [0.15, 0.2) is 5.82 Å². The van der Waals surface area contributed by atoms with Crippen molar-refractivity contribution >= 4 is 11.0 Å². The van der Waals surface area contributed by atoms with Crippen molar-refractivity contribution < 1.29 is 8.81 Å². The summed E-state index contributed by atoms with van der Waals surface area (Å²) in [7, 11) is 0. The Morgan fingerprint density at radius 1 is 1.24 bits per heavy atom. The maximum atomic E-state index is 13.3. The lowest BCUT2D eigenvalue weighted by atomic mass is 10.1. The molecule has 1 N–H and O–H groups in total. The molecule has 4 nitrogen and oxygen atoms in total. The summed E-state index contributed by atoms with van der Waals surface area (Å²) in [6.45, 7) is 4.69. The van der Waals surface area contributed by atoms with Crippen LogP contribution in [0.15, 0.2) is 41.1 Å². The van der Waals surface area contributed by atoms with E-state index in [1.54, 1.807) is 18.5 Å². The topological polar surface area (TPSA) is 51.0 Å². The zero-order valence-corrected chi connectivity index (χ0v) is 11.9. The molecule has 108 valence electrons. The number of aromatic nitrogens is 2. The first-order valence-corrected chi connectivity index (χ1v) is 6.88.